The molecule has 1 heterocycles. The van der Waals surface area contributed by atoms with Gasteiger partial charge in [-0.2, -0.15) is 0 Å². The van der Waals surface area contributed by atoms with E-state index >= 15 is 0 Å². The standard InChI is InChI=1S/C18H13NS.ClHO4/c1-2-8-14(9-3-1)19-15-10-4-6-12-17(15)20-18-13-7-5-11-16(18)19;2-1(3,4)5/h1-13H;(H,2,3,4,5). The summed E-state index contributed by atoms with van der Waals surface area (Å²) in [6, 6.07) is 28.0. The minimum absolute atomic E-state index is 1.28. The van der Waals surface area contributed by atoms with E-state index in [2.05, 4.69) is 78.9 Å². The molecule has 0 bridgehead atoms. The third-order valence-electron chi connectivity index (χ3n) is 3.60. The second-order valence-electron chi connectivity index (χ2n) is 5.21. The van der Waals surface area contributed by atoms with Gasteiger partial charge >= 0.3 is 0 Å². The molecule has 128 valence electrons. The van der Waals surface area contributed by atoms with Crippen LogP contribution in [0.4, 0.5) is 17.1 Å². The Kier molecular flexibility index (Phi) is 5.41. The number of rotatable bonds is 1. The summed E-state index contributed by atoms with van der Waals surface area (Å²) in [4.78, 5) is 4.02. The van der Waals surface area contributed by atoms with Crippen molar-refractivity contribution in [2.24, 2.45) is 0 Å². The lowest BCUT2D eigenvalue weighted by atomic mass is 10.2. The van der Waals surface area contributed by atoms with Gasteiger partial charge in [-0.1, -0.05) is 54.2 Å². The molecule has 3 aromatic carbocycles. The van der Waals surface area contributed by atoms with Crippen molar-refractivity contribution in [2.75, 3.05) is 0 Å². The topological polar surface area (TPSA) is 96.7 Å². The van der Waals surface area contributed by atoms with Gasteiger partial charge in [-0.25, -0.2) is 23.5 Å². The molecular formula is C18H14ClNO4S. The summed E-state index contributed by atoms with van der Waals surface area (Å²) in [5, 5.41) is 0. The monoisotopic (exact) mass is 375 g/mol. The summed E-state index contributed by atoms with van der Waals surface area (Å²) in [5.74, 6) is 0. The fraction of sp³-hybridized carbons (Fsp3) is 0. The van der Waals surface area contributed by atoms with Crippen LogP contribution in [0.1, 0.15) is 0 Å². The number of quaternary nitrogens is 1. The van der Waals surface area contributed by atoms with Gasteiger partial charge in [0, 0.05) is 12.1 Å². The van der Waals surface area contributed by atoms with Crippen molar-refractivity contribution in [3.8, 4) is 0 Å². The quantitative estimate of drug-likeness (QED) is 0.487. The van der Waals surface area contributed by atoms with Gasteiger partial charge in [0.25, 0.3) is 0 Å². The maximum atomic E-state index is 8.49. The maximum absolute atomic E-state index is 8.49. The zero-order chi connectivity index (χ0) is 17.9. The number of hydrogen-bond donors (Lipinski definition) is 1. The van der Waals surface area contributed by atoms with Crippen molar-refractivity contribution in [1.82, 2.24) is 0 Å². The Balaban J connectivity index is 0.000000324. The summed E-state index contributed by atoms with van der Waals surface area (Å²) < 4.78 is 34.0. The molecule has 0 unspecified atom stereocenters. The Morgan fingerprint density at radius 1 is 0.600 bits per heavy atom. The molecule has 0 amide bonds. The second-order valence-corrected chi connectivity index (χ2v) is 7.05. The lowest BCUT2D eigenvalue weighted by molar-refractivity contribution is -2.00. The van der Waals surface area contributed by atoms with Gasteiger partial charge in [0.05, 0.1) is 9.79 Å². The normalized spacial score (nSPS) is 13.3. The van der Waals surface area contributed by atoms with E-state index in [0.29, 0.717) is 0 Å². The second kappa shape index (κ2) is 7.55. The largest absolute Gasteiger partial charge is 0.236 e. The zero-order valence-electron chi connectivity index (χ0n) is 12.9. The third kappa shape index (κ3) is 4.59. The molecule has 1 aliphatic rings. The zero-order valence-corrected chi connectivity index (χ0v) is 14.5. The van der Waals surface area contributed by atoms with E-state index in [4.69, 9.17) is 18.6 Å². The van der Waals surface area contributed by atoms with Crippen LogP contribution >= 0.6 is 11.8 Å². The molecule has 7 heteroatoms. The summed E-state index contributed by atoms with van der Waals surface area (Å²) in [7, 11) is -4.94. The first-order chi connectivity index (χ1) is 11.9. The minimum atomic E-state index is -4.94. The molecule has 1 aliphatic heterocycles. The van der Waals surface area contributed by atoms with Gasteiger partial charge < -0.3 is 0 Å². The highest BCUT2D eigenvalue weighted by molar-refractivity contribution is 7.99. The Labute approximate surface area is 151 Å². The van der Waals surface area contributed by atoms with Crippen LogP contribution in [0.5, 0.6) is 0 Å². The van der Waals surface area contributed by atoms with Crippen molar-refractivity contribution in [3.63, 3.8) is 0 Å². The Bertz CT molecular complexity index is 803. The van der Waals surface area contributed by atoms with Crippen LogP contribution in [0.2, 0.25) is 0 Å². The lowest BCUT2D eigenvalue weighted by Gasteiger charge is -2.26. The molecule has 0 atom stereocenters. The molecule has 1 N–H and O–H groups in total. The van der Waals surface area contributed by atoms with Crippen molar-refractivity contribution < 1.29 is 33.8 Å². The number of benzene rings is 3. The molecule has 3 aromatic rings. The van der Waals surface area contributed by atoms with E-state index in [1.807, 2.05) is 11.8 Å². The maximum Gasteiger partial charge on any atom is 0.155 e. The molecule has 0 saturated heterocycles. The Hall–Kier alpha value is -1.90. The van der Waals surface area contributed by atoms with E-state index in [0.717, 1.165) is 0 Å². The van der Waals surface area contributed by atoms with E-state index in [9.17, 15) is 0 Å². The first-order valence-corrected chi connectivity index (χ1v) is 9.39. The third-order valence-corrected chi connectivity index (χ3v) is 4.75. The smallest absolute Gasteiger partial charge is 0.155 e. The highest BCUT2D eigenvalue weighted by Crippen LogP contribution is 2.40. The molecular weight excluding hydrogens is 362 g/mol. The summed E-state index contributed by atoms with van der Waals surface area (Å²) >= 11 is 1.86. The number of fused-ring (bicyclic) bond motifs is 2. The summed E-state index contributed by atoms with van der Waals surface area (Å²) in [6.07, 6.45) is 0. The van der Waals surface area contributed by atoms with Crippen LogP contribution in [0.15, 0.2) is 88.7 Å². The average molecular weight is 376 g/mol. The Morgan fingerprint density at radius 3 is 1.48 bits per heavy atom. The molecule has 0 fully saturated rings. The number of halogens is 1. The van der Waals surface area contributed by atoms with Crippen LogP contribution in [-0.4, -0.2) is 0 Å². The van der Waals surface area contributed by atoms with Crippen molar-refractivity contribution in [3.05, 3.63) is 78.9 Å². The van der Waals surface area contributed by atoms with Crippen molar-refractivity contribution in [1.29, 1.82) is 0 Å². The van der Waals surface area contributed by atoms with Crippen LogP contribution in [0.3, 0.4) is 0 Å². The van der Waals surface area contributed by atoms with E-state index in [-0.39, 0.29) is 0 Å². The number of nitrogens with one attached hydrogen (secondary N) is 1. The molecule has 0 spiro atoms. The highest BCUT2D eigenvalue weighted by Gasteiger charge is 2.29. The summed E-state index contributed by atoms with van der Waals surface area (Å²) in [6.45, 7) is 0. The predicted octanol–water partition coefficient (Wildman–Crippen LogP) is -0.425. The van der Waals surface area contributed by atoms with E-state index in [1.54, 1.807) is 0 Å². The molecule has 0 aromatic heterocycles. The predicted molar refractivity (Wildman–Crippen MR) is 83.4 cm³/mol. The van der Waals surface area contributed by atoms with Gasteiger partial charge in [0.15, 0.2) is 11.4 Å². The molecule has 0 radical (unpaired) electrons. The molecule has 25 heavy (non-hydrogen) atoms. The van der Waals surface area contributed by atoms with Crippen molar-refractivity contribution in [2.45, 2.75) is 9.79 Å². The SMILES string of the molecule is [O-][Cl+3]([O-])([O-])[O-].c1ccc([NH+]2c3ccccc3Sc3ccccc32)cc1. The fourth-order valence-corrected chi connectivity index (χ4v) is 3.79. The van der Waals surface area contributed by atoms with E-state index < -0.39 is 10.2 Å². The molecule has 4 rings (SSSR count). The number of hydrogen-bond acceptors (Lipinski definition) is 5. The first-order valence-electron chi connectivity index (χ1n) is 7.34. The van der Waals surface area contributed by atoms with Crippen LogP contribution < -0.4 is 23.5 Å². The first kappa shape index (κ1) is 17.9. The molecule has 5 nitrogen and oxygen atoms in total. The molecule has 0 saturated carbocycles. The molecule has 0 aliphatic carbocycles. The van der Waals surface area contributed by atoms with Gasteiger partial charge in [-0.05, 0) is 24.3 Å². The minimum Gasteiger partial charge on any atom is -0.236 e. The van der Waals surface area contributed by atoms with Gasteiger partial charge in [0.1, 0.15) is 5.69 Å². The van der Waals surface area contributed by atoms with Gasteiger partial charge in [0.2, 0.25) is 0 Å². The summed E-state index contributed by atoms with van der Waals surface area (Å²) in [5.41, 5.74) is 3.96. The van der Waals surface area contributed by atoms with Gasteiger partial charge in [-0.3, -0.25) is 0 Å². The van der Waals surface area contributed by atoms with Crippen molar-refractivity contribution >= 4 is 28.8 Å². The fourth-order valence-electron chi connectivity index (χ4n) is 2.70. The number of para-hydroxylation sites is 3. The lowest BCUT2D eigenvalue weighted by Crippen LogP contribution is -2.97. The van der Waals surface area contributed by atoms with Crippen LogP contribution in [-0.2, 0) is 0 Å². The van der Waals surface area contributed by atoms with Crippen LogP contribution in [0.25, 0.3) is 0 Å². The Morgan fingerprint density at radius 2 is 1.00 bits per heavy atom. The van der Waals surface area contributed by atoms with Gasteiger partial charge in [-0.15, -0.1) is 10.2 Å². The average Bonchev–Trinajstić information content (AvgIpc) is 2.59. The van der Waals surface area contributed by atoms with E-state index in [1.165, 1.54) is 31.8 Å². The highest BCUT2D eigenvalue weighted by atomic mass is 35.7. The van der Waals surface area contributed by atoms with Crippen LogP contribution in [0, 0.1) is 10.2 Å².